The number of ether oxygens (including phenoxy) is 1. The van der Waals surface area contributed by atoms with Crippen molar-refractivity contribution in [2.24, 2.45) is 5.73 Å². The van der Waals surface area contributed by atoms with Crippen LogP contribution in [0.2, 0.25) is 0 Å². The molecule has 2 atom stereocenters. The molecule has 7 heteroatoms. The average molecular weight is 461 g/mol. The molecule has 1 aromatic carbocycles. The molecule has 0 bridgehead atoms. The molecule has 1 amide bonds. The highest BCUT2D eigenvalue weighted by atomic mass is 19.1. The lowest BCUT2D eigenvalue weighted by atomic mass is 9.79. The molecule has 4 rings (SSSR count). The molecule has 0 spiro atoms. The molecule has 33 heavy (non-hydrogen) atoms. The number of nitrogens with one attached hydrogen (secondary N) is 1. The number of hydrogen-bond acceptors (Lipinski definition) is 5. The number of fused-ring (bicyclic) bond motifs is 2. The van der Waals surface area contributed by atoms with Gasteiger partial charge in [0.25, 0.3) is 0 Å². The van der Waals surface area contributed by atoms with E-state index in [4.69, 9.17) is 10.5 Å². The average Bonchev–Trinajstić information content (AvgIpc) is 3.12. The summed E-state index contributed by atoms with van der Waals surface area (Å²) in [7, 11) is 1.87. The normalized spacial score (nSPS) is 21.9. The molecule has 2 fully saturated rings. The van der Waals surface area contributed by atoms with E-state index >= 15 is 0 Å². The molecule has 1 aliphatic carbocycles. The Kier molecular flexibility index (Phi) is 9.61. The molecule has 3 N–H and O–H groups in total. The van der Waals surface area contributed by atoms with Crippen molar-refractivity contribution in [2.75, 3.05) is 13.6 Å². The number of pyridine rings is 1. The lowest BCUT2D eigenvalue weighted by Crippen LogP contribution is -2.55. The zero-order valence-electron chi connectivity index (χ0n) is 21.1. The summed E-state index contributed by atoms with van der Waals surface area (Å²) in [6, 6.07) is 8.59. The van der Waals surface area contributed by atoms with Gasteiger partial charge in [-0.05, 0) is 71.3 Å². The van der Waals surface area contributed by atoms with Crippen LogP contribution in [0, 0.1) is 5.82 Å². The number of hydrogen-bond donors (Lipinski definition) is 2. The number of benzene rings is 1. The van der Waals surface area contributed by atoms with Crippen molar-refractivity contribution in [1.82, 2.24) is 15.2 Å². The second kappa shape index (κ2) is 11.7. The molecule has 184 valence electrons. The third-order valence-electron chi connectivity index (χ3n) is 5.92. The summed E-state index contributed by atoms with van der Waals surface area (Å²) < 4.78 is 18.3. The van der Waals surface area contributed by atoms with Gasteiger partial charge in [0, 0.05) is 24.0 Å². The van der Waals surface area contributed by atoms with Crippen molar-refractivity contribution in [2.45, 2.75) is 90.4 Å². The number of aromatic nitrogens is 1. The molecule has 6 nitrogen and oxygen atoms in total. The maximum atomic E-state index is 12.8. The van der Waals surface area contributed by atoms with Gasteiger partial charge in [-0.3, -0.25) is 4.98 Å². The van der Waals surface area contributed by atoms with Crippen LogP contribution < -0.4 is 11.1 Å². The number of nitrogens with zero attached hydrogens (tertiary/aromatic N) is 2. The van der Waals surface area contributed by atoms with Gasteiger partial charge in [0.05, 0.1) is 17.3 Å². The standard InChI is InChI=1S/C13H24N2O2.C11H11FN2.C2H6/c1-12(2,3)17-11(16)15-9-8-13(14)7-5-4-6-10(13)15;1-13-7-10-4-2-8-6-9(12)3-5-11(8)14-10;1-2/h10H,4-9,14H2,1-3H3;2-6,13H,7H2,1H3;1-2H3. The van der Waals surface area contributed by atoms with E-state index in [1.54, 1.807) is 6.07 Å². The highest BCUT2D eigenvalue weighted by molar-refractivity contribution is 5.78. The number of likely N-dealkylation sites (tertiary alicyclic amines) is 1. The predicted molar refractivity (Wildman–Crippen MR) is 133 cm³/mol. The number of halogens is 1. The Morgan fingerprint density at radius 2 is 1.97 bits per heavy atom. The topological polar surface area (TPSA) is 80.5 Å². The van der Waals surface area contributed by atoms with Gasteiger partial charge >= 0.3 is 6.09 Å². The predicted octanol–water partition coefficient (Wildman–Crippen LogP) is 5.39. The van der Waals surface area contributed by atoms with Gasteiger partial charge in [-0.15, -0.1) is 0 Å². The maximum absolute atomic E-state index is 12.8. The van der Waals surface area contributed by atoms with E-state index in [0.717, 1.165) is 48.9 Å². The molecule has 1 saturated carbocycles. The van der Waals surface area contributed by atoms with Crippen LogP contribution in [0.1, 0.15) is 72.4 Å². The smallest absolute Gasteiger partial charge is 0.410 e. The second-order valence-corrected chi connectivity index (χ2v) is 9.59. The molecular formula is C26H41FN4O2. The quantitative estimate of drug-likeness (QED) is 0.628. The molecule has 1 aliphatic heterocycles. The third kappa shape index (κ3) is 7.37. The van der Waals surface area contributed by atoms with Crippen LogP contribution in [-0.2, 0) is 11.3 Å². The summed E-state index contributed by atoms with van der Waals surface area (Å²) in [5, 5.41) is 3.86. The van der Waals surface area contributed by atoms with Crippen molar-refractivity contribution >= 4 is 17.0 Å². The minimum absolute atomic E-state index is 0.158. The Morgan fingerprint density at radius 3 is 2.64 bits per heavy atom. The van der Waals surface area contributed by atoms with E-state index in [2.05, 4.69) is 10.3 Å². The molecule has 2 aliphatic rings. The molecule has 1 saturated heterocycles. The van der Waals surface area contributed by atoms with E-state index in [9.17, 15) is 9.18 Å². The van der Waals surface area contributed by atoms with Crippen LogP contribution in [0.25, 0.3) is 10.9 Å². The number of carbonyl (C=O) groups excluding carboxylic acids is 1. The van der Waals surface area contributed by atoms with Crippen molar-refractivity contribution < 1.29 is 13.9 Å². The third-order valence-corrected chi connectivity index (χ3v) is 5.92. The van der Waals surface area contributed by atoms with Crippen LogP contribution in [-0.4, -0.2) is 46.8 Å². The number of amides is 1. The summed E-state index contributed by atoms with van der Waals surface area (Å²) in [6.07, 6.45) is 5.14. The highest BCUT2D eigenvalue weighted by Gasteiger charge is 2.48. The molecule has 2 heterocycles. The lowest BCUT2D eigenvalue weighted by molar-refractivity contribution is 0.0167. The van der Waals surface area contributed by atoms with Crippen LogP contribution in [0.3, 0.4) is 0 Å². The first-order chi connectivity index (χ1) is 15.6. The SMILES string of the molecule is CC.CC(C)(C)OC(=O)N1CCC2(N)CCCCC12.CNCc1ccc2cc(F)ccc2n1. The number of carbonyl (C=O) groups is 1. The minimum Gasteiger partial charge on any atom is -0.444 e. The summed E-state index contributed by atoms with van der Waals surface area (Å²) in [4.78, 5) is 18.3. The van der Waals surface area contributed by atoms with Gasteiger partial charge < -0.3 is 20.7 Å². The fourth-order valence-corrected chi connectivity index (χ4v) is 4.45. The first kappa shape index (κ1) is 27.0. The van der Waals surface area contributed by atoms with Crippen LogP contribution in [0.5, 0.6) is 0 Å². The number of rotatable bonds is 2. The number of nitrogens with two attached hydrogens (primary N) is 1. The first-order valence-corrected chi connectivity index (χ1v) is 12.1. The summed E-state index contributed by atoms with van der Waals surface area (Å²) >= 11 is 0. The Hall–Kier alpha value is -2.25. The Balaban J connectivity index is 0.000000221. The molecule has 0 radical (unpaired) electrons. The van der Waals surface area contributed by atoms with Crippen LogP contribution in [0.4, 0.5) is 9.18 Å². The summed E-state index contributed by atoms with van der Waals surface area (Å²) in [5.74, 6) is -0.222. The fourth-order valence-electron chi connectivity index (χ4n) is 4.45. The summed E-state index contributed by atoms with van der Waals surface area (Å²) in [5.41, 5.74) is 7.62. The van der Waals surface area contributed by atoms with E-state index in [1.807, 2.05) is 58.7 Å². The van der Waals surface area contributed by atoms with Gasteiger partial charge in [-0.2, -0.15) is 0 Å². The Labute approximate surface area is 198 Å². The maximum Gasteiger partial charge on any atom is 0.410 e. The largest absolute Gasteiger partial charge is 0.444 e. The lowest BCUT2D eigenvalue weighted by Gasteiger charge is -2.39. The zero-order valence-corrected chi connectivity index (χ0v) is 21.1. The van der Waals surface area contributed by atoms with Crippen LogP contribution in [0.15, 0.2) is 30.3 Å². The highest BCUT2D eigenvalue weighted by Crippen LogP contribution is 2.38. The van der Waals surface area contributed by atoms with E-state index < -0.39 is 5.60 Å². The van der Waals surface area contributed by atoms with Crippen molar-refractivity contribution in [3.8, 4) is 0 Å². The van der Waals surface area contributed by atoms with Crippen molar-refractivity contribution in [3.05, 3.63) is 41.8 Å². The zero-order chi connectivity index (χ0) is 24.6. The fraction of sp³-hybridized carbons (Fsp3) is 0.615. The van der Waals surface area contributed by atoms with Crippen molar-refractivity contribution in [1.29, 1.82) is 0 Å². The van der Waals surface area contributed by atoms with E-state index in [1.165, 1.54) is 25.0 Å². The molecule has 1 aromatic heterocycles. The molecule has 2 aromatic rings. The van der Waals surface area contributed by atoms with Gasteiger partial charge in [0.1, 0.15) is 11.4 Å². The van der Waals surface area contributed by atoms with Gasteiger partial charge in [-0.1, -0.05) is 32.8 Å². The Bertz CT molecular complexity index is 915. The van der Waals surface area contributed by atoms with Gasteiger partial charge in [-0.25, -0.2) is 9.18 Å². The molecular weight excluding hydrogens is 419 g/mol. The monoisotopic (exact) mass is 460 g/mol. The van der Waals surface area contributed by atoms with Gasteiger partial charge in [0.15, 0.2) is 0 Å². The van der Waals surface area contributed by atoms with Crippen molar-refractivity contribution in [3.63, 3.8) is 0 Å². The molecule has 2 unspecified atom stereocenters. The Morgan fingerprint density at radius 1 is 1.24 bits per heavy atom. The minimum atomic E-state index is -0.425. The van der Waals surface area contributed by atoms with Crippen LogP contribution >= 0.6 is 0 Å². The first-order valence-electron chi connectivity index (χ1n) is 12.1. The second-order valence-electron chi connectivity index (χ2n) is 9.59. The summed E-state index contributed by atoms with van der Waals surface area (Å²) in [6.45, 7) is 11.2. The van der Waals surface area contributed by atoms with E-state index in [-0.39, 0.29) is 23.5 Å². The van der Waals surface area contributed by atoms with E-state index in [0.29, 0.717) is 0 Å². The van der Waals surface area contributed by atoms with Gasteiger partial charge in [0.2, 0.25) is 0 Å².